The van der Waals surface area contributed by atoms with Gasteiger partial charge in [-0.15, -0.1) is 0 Å². The van der Waals surface area contributed by atoms with E-state index in [2.05, 4.69) is 63.3 Å². The zero-order chi connectivity index (χ0) is 23.6. The Kier molecular flexibility index (Phi) is 6.18. The molecule has 1 aliphatic heterocycles. The molecule has 0 saturated heterocycles. The number of rotatable bonds is 6. The van der Waals surface area contributed by atoms with E-state index in [-0.39, 0.29) is 6.08 Å². The van der Waals surface area contributed by atoms with Crippen molar-refractivity contribution in [3.8, 4) is 11.5 Å². The van der Waals surface area contributed by atoms with E-state index in [1.807, 2.05) is 53.3 Å². The summed E-state index contributed by atoms with van der Waals surface area (Å²) >= 11 is 0. The van der Waals surface area contributed by atoms with Gasteiger partial charge in [0, 0.05) is 68.9 Å². The zero-order valence-corrected chi connectivity index (χ0v) is 20.1. The van der Waals surface area contributed by atoms with Gasteiger partial charge in [0.15, 0.2) is 5.60 Å². The smallest absolute Gasteiger partial charge is 0.390 e. The Bertz CT molecular complexity index is 1080. The van der Waals surface area contributed by atoms with Crippen molar-refractivity contribution in [1.29, 1.82) is 0 Å². The summed E-state index contributed by atoms with van der Waals surface area (Å²) < 4.78 is 18.2. The first-order valence-electron chi connectivity index (χ1n) is 11.0. The van der Waals surface area contributed by atoms with E-state index in [1.165, 1.54) is 0 Å². The fourth-order valence-electron chi connectivity index (χ4n) is 4.08. The van der Waals surface area contributed by atoms with Gasteiger partial charge in [-0.05, 0) is 43.3 Å². The second-order valence-electron chi connectivity index (χ2n) is 8.37. The maximum absolute atomic E-state index is 6.65. The molecule has 0 bridgehead atoms. The fraction of sp³-hybridized carbons (Fsp3) is 0.296. The predicted molar refractivity (Wildman–Crippen MR) is 134 cm³/mol. The summed E-state index contributed by atoms with van der Waals surface area (Å²) in [5.41, 5.74) is 4.17. The van der Waals surface area contributed by atoms with Crippen LogP contribution in [0.3, 0.4) is 0 Å². The molecule has 0 amide bonds. The van der Waals surface area contributed by atoms with Gasteiger partial charge in [-0.3, -0.25) is 0 Å². The van der Waals surface area contributed by atoms with Crippen molar-refractivity contribution in [2.45, 2.75) is 12.5 Å². The van der Waals surface area contributed by atoms with Gasteiger partial charge < -0.3 is 24.0 Å². The Morgan fingerprint density at radius 1 is 0.818 bits per heavy atom. The van der Waals surface area contributed by atoms with E-state index >= 15 is 0 Å². The SMILES string of the molecule is CCN=C1Oc2cc(OC)ccc2C(c2ccc(N(C)C)cc2)(c2ccc(N(C)C)cc2)O1. The summed E-state index contributed by atoms with van der Waals surface area (Å²) in [5, 5.41) is 0. The van der Waals surface area contributed by atoms with Crippen molar-refractivity contribution < 1.29 is 14.2 Å². The highest BCUT2D eigenvalue weighted by atomic mass is 16.7. The molecule has 0 atom stereocenters. The molecule has 172 valence electrons. The minimum absolute atomic E-state index is 0.242. The molecule has 0 unspecified atom stereocenters. The Labute approximate surface area is 196 Å². The van der Waals surface area contributed by atoms with Crippen LogP contribution in [0, 0.1) is 0 Å². The number of fused-ring (bicyclic) bond motifs is 1. The summed E-state index contributed by atoms with van der Waals surface area (Å²) in [6, 6.07) is 22.7. The van der Waals surface area contributed by atoms with Gasteiger partial charge in [0.25, 0.3) is 0 Å². The lowest BCUT2D eigenvalue weighted by Gasteiger charge is -2.40. The Morgan fingerprint density at radius 3 is 1.82 bits per heavy atom. The number of aliphatic imine (C=N–C) groups is 1. The van der Waals surface area contributed by atoms with E-state index in [0.717, 1.165) is 28.1 Å². The standard InChI is InChI=1S/C27H31N3O3/c1-7-28-26-32-25-18-23(31-6)16-17-24(25)27(33-26,19-8-12-21(13-9-19)29(2)3)20-10-14-22(15-11-20)30(4)5/h8-18H,7H2,1-6H3. The number of benzene rings is 3. The molecule has 0 N–H and O–H groups in total. The number of hydrogen-bond acceptors (Lipinski definition) is 6. The molecule has 1 aliphatic rings. The lowest BCUT2D eigenvalue weighted by Crippen LogP contribution is -2.41. The molecule has 0 aromatic heterocycles. The van der Waals surface area contributed by atoms with E-state index in [0.29, 0.717) is 18.0 Å². The highest BCUT2D eigenvalue weighted by molar-refractivity contribution is 5.77. The molecule has 3 aromatic carbocycles. The van der Waals surface area contributed by atoms with E-state index in [9.17, 15) is 0 Å². The molecular weight excluding hydrogens is 414 g/mol. The topological polar surface area (TPSA) is 46.5 Å². The van der Waals surface area contributed by atoms with Crippen LogP contribution in [0.1, 0.15) is 23.6 Å². The maximum atomic E-state index is 6.65. The van der Waals surface area contributed by atoms with Gasteiger partial charge in [0.2, 0.25) is 0 Å². The van der Waals surface area contributed by atoms with Crippen LogP contribution in [-0.2, 0) is 10.3 Å². The number of nitrogens with zero attached hydrogens (tertiary/aromatic N) is 3. The molecule has 0 spiro atoms. The first-order valence-corrected chi connectivity index (χ1v) is 11.0. The molecule has 6 heteroatoms. The van der Waals surface area contributed by atoms with Crippen molar-refractivity contribution in [3.63, 3.8) is 0 Å². The average Bonchev–Trinajstić information content (AvgIpc) is 2.83. The lowest BCUT2D eigenvalue weighted by molar-refractivity contribution is 0.0819. The maximum Gasteiger partial charge on any atom is 0.390 e. The molecule has 4 rings (SSSR count). The Hall–Kier alpha value is -3.67. The van der Waals surface area contributed by atoms with E-state index in [1.54, 1.807) is 7.11 Å². The second kappa shape index (κ2) is 9.06. The molecule has 33 heavy (non-hydrogen) atoms. The van der Waals surface area contributed by atoms with Crippen LogP contribution in [0.15, 0.2) is 71.7 Å². The minimum Gasteiger partial charge on any atom is -0.497 e. The normalized spacial score (nSPS) is 15.3. The van der Waals surface area contributed by atoms with Crippen LogP contribution in [0.5, 0.6) is 11.5 Å². The summed E-state index contributed by atoms with van der Waals surface area (Å²) in [5.74, 6) is 1.38. The van der Waals surface area contributed by atoms with Crippen molar-refractivity contribution in [3.05, 3.63) is 83.4 Å². The minimum atomic E-state index is -0.927. The first kappa shape index (κ1) is 22.5. The lowest BCUT2D eigenvalue weighted by atomic mass is 9.79. The molecule has 6 nitrogen and oxygen atoms in total. The van der Waals surface area contributed by atoms with Gasteiger partial charge in [-0.1, -0.05) is 24.3 Å². The number of anilines is 2. The monoisotopic (exact) mass is 445 g/mol. The van der Waals surface area contributed by atoms with E-state index in [4.69, 9.17) is 14.2 Å². The highest BCUT2D eigenvalue weighted by Gasteiger charge is 2.46. The summed E-state index contributed by atoms with van der Waals surface area (Å²) in [7, 11) is 9.77. The first-order chi connectivity index (χ1) is 15.9. The number of hydrogen-bond donors (Lipinski definition) is 0. The third-order valence-corrected chi connectivity index (χ3v) is 5.87. The summed E-state index contributed by atoms with van der Waals surface area (Å²) in [4.78, 5) is 8.65. The van der Waals surface area contributed by atoms with Gasteiger partial charge in [-0.25, -0.2) is 4.99 Å². The number of methoxy groups -OCH3 is 1. The Morgan fingerprint density at radius 2 is 1.36 bits per heavy atom. The molecule has 0 aliphatic carbocycles. The second-order valence-corrected chi connectivity index (χ2v) is 8.37. The average molecular weight is 446 g/mol. The van der Waals surface area contributed by atoms with Gasteiger partial charge in [0.05, 0.1) is 7.11 Å². The van der Waals surface area contributed by atoms with Crippen molar-refractivity contribution in [2.24, 2.45) is 4.99 Å². The fourth-order valence-corrected chi connectivity index (χ4v) is 4.08. The van der Waals surface area contributed by atoms with E-state index < -0.39 is 5.60 Å². The van der Waals surface area contributed by atoms with Crippen LogP contribution in [0.2, 0.25) is 0 Å². The zero-order valence-electron chi connectivity index (χ0n) is 20.1. The van der Waals surface area contributed by atoms with Gasteiger partial charge in [0.1, 0.15) is 11.5 Å². The molecule has 0 radical (unpaired) electrons. The third kappa shape index (κ3) is 4.09. The summed E-state index contributed by atoms with van der Waals surface area (Å²) in [6.45, 7) is 2.50. The quantitative estimate of drug-likeness (QED) is 0.540. The summed E-state index contributed by atoms with van der Waals surface area (Å²) in [6.07, 6.45) is 0.242. The van der Waals surface area contributed by atoms with Crippen molar-refractivity contribution in [2.75, 3.05) is 51.6 Å². The van der Waals surface area contributed by atoms with Crippen LogP contribution >= 0.6 is 0 Å². The highest BCUT2D eigenvalue weighted by Crippen LogP contribution is 2.48. The van der Waals surface area contributed by atoms with Crippen molar-refractivity contribution >= 4 is 17.5 Å². The van der Waals surface area contributed by atoms with Crippen LogP contribution in [0.4, 0.5) is 11.4 Å². The molecule has 0 saturated carbocycles. The van der Waals surface area contributed by atoms with Crippen molar-refractivity contribution in [1.82, 2.24) is 0 Å². The molecule has 1 heterocycles. The molecule has 3 aromatic rings. The largest absolute Gasteiger partial charge is 0.497 e. The van der Waals surface area contributed by atoms with Gasteiger partial charge >= 0.3 is 6.08 Å². The van der Waals surface area contributed by atoms with Crippen LogP contribution in [0.25, 0.3) is 0 Å². The third-order valence-electron chi connectivity index (χ3n) is 5.87. The number of ether oxygens (including phenoxy) is 3. The van der Waals surface area contributed by atoms with Crippen LogP contribution < -0.4 is 19.3 Å². The predicted octanol–water partition coefficient (Wildman–Crippen LogP) is 4.90. The van der Waals surface area contributed by atoms with Gasteiger partial charge in [-0.2, -0.15) is 0 Å². The molecule has 0 fully saturated rings. The Balaban J connectivity index is 2.00. The van der Waals surface area contributed by atoms with Crippen LogP contribution in [-0.4, -0.2) is 47.9 Å². The molecular formula is C27H31N3O3.